The second kappa shape index (κ2) is 9.58. The summed E-state index contributed by atoms with van der Waals surface area (Å²) in [7, 11) is 0. The van der Waals surface area contributed by atoms with Gasteiger partial charge < -0.3 is 5.32 Å². The van der Waals surface area contributed by atoms with E-state index in [1.165, 1.54) is 19.3 Å². The molecular formula is C19H28Cl2N4O. The van der Waals surface area contributed by atoms with E-state index in [2.05, 4.69) is 17.4 Å². The number of piperidine rings is 1. The molecule has 1 saturated carbocycles. The van der Waals surface area contributed by atoms with Crippen molar-refractivity contribution in [2.24, 2.45) is 5.92 Å². The van der Waals surface area contributed by atoms with Crippen LogP contribution in [0.25, 0.3) is 0 Å². The lowest BCUT2D eigenvalue weighted by Crippen LogP contribution is -2.31. The minimum Gasteiger partial charge on any atom is -0.317 e. The monoisotopic (exact) mass is 398 g/mol. The lowest BCUT2D eigenvalue weighted by atomic mass is 9.85. The van der Waals surface area contributed by atoms with Gasteiger partial charge in [0.15, 0.2) is 0 Å². The van der Waals surface area contributed by atoms with E-state index in [0.717, 1.165) is 43.9 Å². The quantitative estimate of drug-likeness (QED) is 0.840. The number of benzene rings is 1. The van der Waals surface area contributed by atoms with Crippen LogP contribution in [0.4, 0.5) is 0 Å². The minimum absolute atomic E-state index is 0. The number of hydrogen-bond acceptors (Lipinski definition) is 3. The van der Waals surface area contributed by atoms with Crippen molar-refractivity contribution in [3.05, 3.63) is 52.2 Å². The second-order valence-electron chi connectivity index (χ2n) is 7.22. The van der Waals surface area contributed by atoms with E-state index in [-0.39, 0.29) is 30.5 Å². The Hall–Kier alpha value is -1.30. The molecule has 2 fully saturated rings. The standard InChI is InChI=1S/C19H26N4O.2ClH/c24-19-22(13-15-5-2-1-3-6-15)18(17-9-11-20-12-10-17)21-23(19)14-16-7-4-8-16;;/h1-3,5-6,16-17,20H,4,7-14H2;2*1H. The molecule has 0 radical (unpaired) electrons. The highest BCUT2D eigenvalue weighted by atomic mass is 35.5. The fourth-order valence-corrected chi connectivity index (χ4v) is 3.79. The molecule has 26 heavy (non-hydrogen) atoms. The molecular weight excluding hydrogens is 371 g/mol. The lowest BCUT2D eigenvalue weighted by Gasteiger charge is -2.24. The Bertz CT molecular complexity index is 734. The topological polar surface area (TPSA) is 51.9 Å². The molecule has 0 unspecified atom stereocenters. The minimum atomic E-state index is 0. The van der Waals surface area contributed by atoms with Gasteiger partial charge in [-0.1, -0.05) is 36.8 Å². The van der Waals surface area contributed by atoms with Crippen LogP contribution < -0.4 is 11.0 Å². The number of halogens is 2. The van der Waals surface area contributed by atoms with Crippen molar-refractivity contribution in [3.8, 4) is 0 Å². The number of nitrogens with zero attached hydrogens (tertiary/aromatic N) is 3. The van der Waals surface area contributed by atoms with E-state index in [0.29, 0.717) is 18.4 Å². The van der Waals surface area contributed by atoms with Gasteiger partial charge in [0.2, 0.25) is 0 Å². The normalized spacial score (nSPS) is 17.8. The summed E-state index contributed by atoms with van der Waals surface area (Å²) >= 11 is 0. The Kier molecular flexibility index (Phi) is 7.74. The number of aromatic nitrogens is 3. The molecule has 2 heterocycles. The molecule has 4 rings (SSSR count). The summed E-state index contributed by atoms with van der Waals surface area (Å²) < 4.78 is 3.66. The van der Waals surface area contributed by atoms with E-state index >= 15 is 0 Å². The Morgan fingerprint density at radius 1 is 1.04 bits per heavy atom. The fraction of sp³-hybridized carbons (Fsp3) is 0.579. The zero-order chi connectivity index (χ0) is 16.4. The summed E-state index contributed by atoms with van der Waals surface area (Å²) in [6, 6.07) is 10.2. The van der Waals surface area contributed by atoms with E-state index < -0.39 is 0 Å². The van der Waals surface area contributed by atoms with Gasteiger partial charge in [-0.25, -0.2) is 9.48 Å². The van der Waals surface area contributed by atoms with Crippen LogP contribution in [0.1, 0.15) is 49.4 Å². The molecule has 0 amide bonds. The third-order valence-electron chi connectivity index (χ3n) is 5.50. The van der Waals surface area contributed by atoms with E-state index in [1.807, 2.05) is 22.8 Å². The Balaban J connectivity index is 0.00000121. The molecule has 1 aromatic carbocycles. The van der Waals surface area contributed by atoms with Gasteiger partial charge >= 0.3 is 5.69 Å². The number of rotatable bonds is 5. The van der Waals surface area contributed by atoms with Gasteiger partial charge in [-0.15, -0.1) is 24.8 Å². The molecule has 5 nitrogen and oxygen atoms in total. The number of nitrogens with one attached hydrogen (secondary N) is 1. The highest BCUT2D eigenvalue weighted by molar-refractivity contribution is 5.85. The van der Waals surface area contributed by atoms with Gasteiger partial charge in [0.05, 0.1) is 6.54 Å². The van der Waals surface area contributed by atoms with Gasteiger partial charge in [0, 0.05) is 12.5 Å². The third kappa shape index (κ3) is 4.51. The van der Waals surface area contributed by atoms with Crippen molar-refractivity contribution >= 4 is 24.8 Å². The van der Waals surface area contributed by atoms with Crippen molar-refractivity contribution in [2.75, 3.05) is 13.1 Å². The third-order valence-corrected chi connectivity index (χ3v) is 5.50. The first-order chi connectivity index (χ1) is 11.8. The van der Waals surface area contributed by atoms with Gasteiger partial charge in [0.25, 0.3) is 0 Å². The van der Waals surface area contributed by atoms with Crippen molar-refractivity contribution in [2.45, 2.75) is 51.1 Å². The van der Waals surface area contributed by atoms with Crippen LogP contribution in [0.15, 0.2) is 35.1 Å². The highest BCUT2D eigenvalue weighted by Gasteiger charge is 2.26. The van der Waals surface area contributed by atoms with Crippen LogP contribution >= 0.6 is 24.8 Å². The first-order valence-electron chi connectivity index (χ1n) is 9.23. The Morgan fingerprint density at radius 2 is 1.73 bits per heavy atom. The lowest BCUT2D eigenvalue weighted by molar-refractivity contribution is 0.262. The zero-order valence-electron chi connectivity index (χ0n) is 15.0. The van der Waals surface area contributed by atoms with Crippen molar-refractivity contribution in [1.29, 1.82) is 0 Å². The predicted octanol–water partition coefficient (Wildman–Crippen LogP) is 3.20. The number of hydrogen-bond donors (Lipinski definition) is 1. The van der Waals surface area contributed by atoms with Crippen molar-refractivity contribution < 1.29 is 0 Å². The van der Waals surface area contributed by atoms with Crippen LogP contribution in [0.5, 0.6) is 0 Å². The highest BCUT2D eigenvalue weighted by Crippen LogP contribution is 2.28. The molecule has 7 heteroatoms. The van der Waals surface area contributed by atoms with Gasteiger partial charge in [-0.2, -0.15) is 5.10 Å². The van der Waals surface area contributed by atoms with Gasteiger partial charge in [0.1, 0.15) is 5.82 Å². The Labute approximate surface area is 167 Å². The average Bonchev–Trinajstić information content (AvgIpc) is 2.89. The van der Waals surface area contributed by atoms with Gasteiger partial charge in [-0.05, 0) is 50.3 Å². The smallest absolute Gasteiger partial charge is 0.317 e. The molecule has 1 aromatic heterocycles. The summed E-state index contributed by atoms with van der Waals surface area (Å²) in [6.07, 6.45) is 5.90. The van der Waals surface area contributed by atoms with Crippen LogP contribution in [0.2, 0.25) is 0 Å². The Morgan fingerprint density at radius 3 is 2.35 bits per heavy atom. The molecule has 0 atom stereocenters. The van der Waals surface area contributed by atoms with Crippen LogP contribution in [-0.4, -0.2) is 27.4 Å². The predicted molar refractivity (Wildman–Crippen MR) is 109 cm³/mol. The largest absolute Gasteiger partial charge is 0.346 e. The molecule has 144 valence electrons. The summed E-state index contributed by atoms with van der Waals surface area (Å²) in [5, 5.41) is 8.19. The first-order valence-corrected chi connectivity index (χ1v) is 9.23. The maximum Gasteiger partial charge on any atom is 0.346 e. The van der Waals surface area contributed by atoms with Crippen LogP contribution in [0.3, 0.4) is 0 Å². The maximum absolute atomic E-state index is 13.0. The summed E-state index contributed by atoms with van der Waals surface area (Å²) in [4.78, 5) is 13.0. The molecule has 0 bridgehead atoms. The van der Waals surface area contributed by atoms with E-state index in [1.54, 1.807) is 4.68 Å². The first kappa shape index (κ1) is 21.0. The molecule has 2 aromatic rings. The average molecular weight is 399 g/mol. The summed E-state index contributed by atoms with van der Waals surface area (Å²) in [5.74, 6) is 2.03. The molecule has 1 N–H and O–H groups in total. The second-order valence-corrected chi connectivity index (χ2v) is 7.22. The van der Waals surface area contributed by atoms with E-state index in [9.17, 15) is 4.79 Å². The van der Waals surface area contributed by atoms with Crippen molar-refractivity contribution in [1.82, 2.24) is 19.7 Å². The summed E-state index contributed by atoms with van der Waals surface area (Å²) in [5.41, 5.74) is 1.23. The van der Waals surface area contributed by atoms with Crippen molar-refractivity contribution in [3.63, 3.8) is 0 Å². The SMILES string of the molecule is Cl.Cl.O=c1n(CC2CCC2)nc(C2CCNCC2)n1Cc1ccccc1. The van der Waals surface area contributed by atoms with Crippen LogP contribution in [0, 0.1) is 5.92 Å². The van der Waals surface area contributed by atoms with E-state index in [4.69, 9.17) is 5.10 Å². The van der Waals surface area contributed by atoms with Gasteiger partial charge in [-0.3, -0.25) is 4.57 Å². The molecule has 1 aliphatic carbocycles. The fourth-order valence-electron chi connectivity index (χ4n) is 3.79. The zero-order valence-corrected chi connectivity index (χ0v) is 16.6. The molecule has 1 aliphatic heterocycles. The summed E-state index contributed by atoms with van der Waals surface area (Å²) in [6.45, 7) is 3.45. The molecule has 2 aliphatic rings. The molecule has 1 saturated heterocycles. The van der Waals surface area contributed by atoms with Crippen LogP contribution in [-0.2, 0) is 13.1 Å². The molecule has 0 spiro atoms. The maximum atomic E-state index is 13.0.